The Bertz CT molecular complexity index is 1260. The van der Waals surface area contributed by atoms with E-state index >= 15 is 0 Å². The van der Waals surface area contributed by atoms with Gasteiger partial charge in [0.1, 0.15) is 18.3 Å². The summed E-state index contributed by atoms with van der Waals surface area (Å²) in [6.07, 6.45) is 1.79. The molecule has 0 radical (unpaired) electrons. The van der Waals surface area contributed by atoms with Crippen LogP contribution < -0.4 is 10.1 Å². The van der Waals surface area contributed by atoms with E-state index in [1.807, 2.05) is 36.4 Å². The first-order valence-electron chi connectivity index (χ1n) is 10.9. The Labute approximate surface area is 207 Å². The molecule has 35 heavy (non-hydrogen) atoms. The van der Waals surface area contributed by atoms with Crippen molar-refractivity contribution in [3.8, 4) is 22.7 Å². The Balaban J connectivity index is 1.83. The molecule has 10 heteroatoms. The molecule has 0 fully saturated rings. The van der Waals surface area contributed by atoms with Crippen LogP contribution in [-0.4, -0.2) is 54.9 Å². The van der Waals surface area contributed by atoms with Gasteiger partial charge in [-0.3, -0.25) is 4.79 Å². The van der Waals surface area contributed by atoms with Crippen LogP contribution in [0.15, 0.2) is 59.7 Å². The van der Waals surface area contributed by atoms with E-state index in [0.29, 0.717) is 33.3 Å². The first kappa shape index (κ1) is 24.4. The fourth-order valence-corrected chi connectivity index (χ4v) is 4.22. The third kappa shape index (κ3) is 5.21. The van der Waals surface area contributed by atoms with E-state index in [9.17, 15) is 9.59 Å². The van der Waals surface area contributed by atoms with Crippen LogP contribution in [0.2, 0.25) is 5.02 Å². The third-order valence-electron chi connectivity index (χ3n) is 5.65. The molecule has 2 atom stereocenters. The van der Waals surface area contributed by atoms with Crippen LogP contribution in [0.3, 0.4) is 0 Å². The number of rotatable bonds is 8. The number of carbonyl (C=O) groups is 2. The number of urea groups is 1. The molecule has 1 N–H and O–H groups in total. The minimum atomic E-state index is -0.842. The van der Waals surface area contributed by atoms with Crippen molar-refractivity contribution in [3.05, 3.63) is 65.3 Å². The van der Waals surface area contributed by atoms with Gasteiger partial charge in [-0.05, 0) is 37.3 Å². The predicted octanol–water partition coefficient (Wildman–Crippen LogP) is 4.23. The van der Waals surface area contributed by atoms with Gasteiger partial charge >= 0.3 is 12.0 Å². The first-order chi connectivity index (χ1) is 16.9. The summed E-state index contributed by atoms with van der Waals surface area (Å²) in [5.41, 5.74) is 3.03. The molecule has 1 aliphatic rings. The highest BCUT2D eigenvalue weighted by Gasteiger charge is 2.40. The average Bonchev–Trinajstić information content (AvgIpc) is 3.29. The summed E-state index contributed by atoms with van der Waals surface area (Å²) in [5.74, 6) is -0.835. The minimum Gasteiger partial charge on any atom is -0.495 e. The Hall–Kier alpha value is -3.69. The summed E-state index contributed by atoms with van der Waals surface area (Å²) >= 11 is 6.40. The number of amides is 2. The highest BCUT2D eigenvalue weighted by Crippen LogP contribution is 2.37. The van der Waals surface area contributed by atoms with Crippen molar-refractivity contribution in [2.45, 2.75) is 13.0 Å². The topological polar surface area (TPSA) is 104 Å². The molecule has 2 amide bonds. The minimum absolute atomic E-state index is 0.0873. The van der Waals surface area contributed by atoms with E-state index in [1.54, 1.807) is 29.9 Å². The van der Waals surface area contributed by atoms with E-state index in [0.717, 1.165) is 5.69 Å². The fraction of sp³-hybridized carbons (Fsp3) is 0.280. The molecular formula is C25H25ClN4O5. The van der Waals surface area contributed by atoms with Gasteiger partial charge < -0.3 is 19.5 Å². The summed E-state index contributed by atoms with van der Waals surface area (Å²) < 4.78 is 17.4. The van der Waals surface area contributed by atoms with Gasteiger partial charge in [-0.25, -0.2) is 14.5 Å². The molecule has 0 spiro atoms. The van der Waals surface area contributed by atoms with Crippen LogP contribution >= 0.6 is 11.6 Å². The van der Waals surface area contributed by atoms with Crippen molar-refractivity contribution in [2.24, 2.45) is 10.9 Å². The zero-order chi connectivity index (χ0) is 24.9. The molecule has 9 nitrogen and oxygen atoms in total. The van der Waals surface area contributed by atoms with Crippen LogP contribution in [0.5, 0.6) is 5.75 Å². The van der Waals surface area contributed by atoms with E-state index in [-0.39, 0.29) is 13.2 Å². The molecular weight excluding hydrogens is 472 g/mol. The van der Waals surface area contributed by atoms with Gasteiger partial charge in [-0.2, -0.15) is 5.10 Å². The fourth-order valence-electron chi connectivity index (χ4n) is 3.96. The maximum absolute atomic E-state index is 13.1. The highest BCUT2D eigenvalue weighted by molar-refractivity contribution is 6.32. The number of ether oxygens (including phenoxy) is 3. The van der Waals surface area contributed by atoms with Gasteiger partial charge in [-0.15, -0.1) is 0 Å². The molecule has 0 bridgehead atoms. The van der Waals surface area contributed by atoms with Crippen molar-refractivity contribution < 1.29 is 23.8 Å². The molecule has 1 aromatic heterocycles. The lowest BCUT2D eigenvalue weighted by atomic mass is 9.87. The maximum Gasteiger partial charge on any atom is 0.341 e. The number of carbonyl (C=O) groups excluding carboxylic acids is 2. The number of nitrogens with one attached hydrogen (secondary N) is 1. The third-order valence-corrected chi connectivity index (χ3v) is 5.94. The number of hydrogen-bond acceptors (Lipinski definition) is 6. The van der Waals surface area contributed by atoms with Crippen molar-refractivity contribution in [1.82, 2.24) is 15.1 Å². The van der Waals surface area contributed by atoms with Gasteiger partial charge in [0.2, 0.25) is 0 Å². The quantitative estimate of drug-likeness (QED) is 0.369. The Morgan fingerprint density at radius 3 is 2.60 bits per heavy atom. The van der Waals surface area contributed by atoms with E-state index < -0.39 is 24.0 Å². The van der Waals surface area contributed by atoms with E-state index in [4.69, 9.17) is 30.9 Å². The summed E-state index contributed by atoms with van der Waals surface area (Å²) in [4.78, 5) is 29.4. The largest absolute Gasteiger partial charge is 0.495 e. The van der Waals surface area contributed by atoms with Gasteiger partial charge in [0, 0.05) is 30.1 Å². The van der Waals surface area contributed by atoms with E-state index in [2.05, 4.69) is 10.3 Å². The lowest BCUT2D eigenvalue weighted by molar-refractivity contribution is -0.148. The zero-order valence-electron chi connectivity index (χ0n) is 19.5. The van der Waals surface area contributed by atoms with Crippen LogP contribution in [0.25, 0.3) is 16.9 Å². The number of methoxy groups -OCH3 is 2. The second kappa shape index (κ2) is 10.7. The first-order valence-corrected chi connectivity index (χ1v) is 11.3. The van der Waals surface area contributed by atoms with Crippen LogP contribution in [-0.2, 0) is 14.3 Å². The van der Waals surface area contributed by atoms with E-state index in [1.165, 1.54) is 14.2 Å². The highest BCUT2D eigenvalue weighted by atomic mass is 35.5. The SMILES string of the molecule is COCCOC(=O)C1C(C)=NC(=O)NC1c1cn(-c2ccccc2)nc1-c1ccc(OC)c(Cl)c1. The number of para-hydroxylation sites is 1. The second-order valence-electron chi connectivity index (χ2n) is 7.88. The summed E-state index contributed by atoms with van der Waals surface area (Å²) in [7, 11) is 3.06. The van der Waals surface area contributed by atoms with Crippen molar-refractivity contribution in [3.63, 3.8) is 0 Å². The molecule has 4 rings (SSSR count). The molecule has 0 saturated heterocycles. The summed E-state index contributed by atoms with van der Waals surface area (Å²) in [6.45, 7) is 1.98. The smallest absolute Gasteiger partial charge is 0.341 e. The lowest BCUT2D eigenvalue weighted by Crippen LogP contribution is -2.44. The van der Waals surface area contributed by atoms with Crippen LogP contribution in [0.4, 0.5) is 4.79 Å². The van der Waals surface area contributed by atoms with Gasteiger partial charge in [0.25, 0.3) is 0 Å². The van der Waals surface area contributed by atoms with Gasteiger partial charge in [-0.1, -0.05) is 29.8 Å². The molecule has 0 saturated carbocycles. The Kier molecular flexibility index (Phi) is 7.48. The van der Waals surface area contributed by atoms with Crippen LogP contribution in [0, 0.1) is 5.92 Å². The number of aliphatic imine (C=N–C) groups is 1. The number of nitrogens with zero attached hydrogens (tertiary/aromatic N) is 3. The van der Waals surface area contributed by atoms with Crippen molar-refractivity contribution >= 4 is 29.3 Å². The maximum atomic E-state index is 13.1. The molecule has 2 unspecified atom stereocenters. The van der Waals surface area contributed by atoms with Crippen LogP contribution in [0.1, 0.15) is 18.5 Å². The van der Waals surface area contributed by atoms with Crippen molar-refractivity contribution in [2.75, 3.05) is 27.4 Å². The Morgan fingerprint density at radius 2 is 1.91 bits per heavy atom. The molecule has 3 aromatic rings. The molecule has 182 valence electrons. The Morgan fingerprint density at radius 1 is 1.14 bits per heavy atom. The number of benzene rings is 2. The normalized spacial score (nSPS) is 17.5. The number of esters is 1. The van der Waals surface area contributed by atoms with Gasteiger partial charge in [0.05, 0.1) is 36.2 Å². The number of halogens is 1. The monoisotopic (exact) mass is 496 g/mol. The predicted molar refractivity (Wildman–Crippen MR) is 131 cm³/mol. The standard InChI is InChI=1S/C25H25ClN4O5/c1-15-21(24(31)35-12-11-33-2)23(28-25(32)27-15)18-14-30(17-7-5-4-6-8-17)29-22(18)16-9-10-20(34-3)19(26)13-16/h4-10,13-14,21,23H,11-12H2,1-3H3,(H,28,32). The molecule has 2 heterocycles. The molecule has 0 aliphatic carbocycles. The molecule has 2 aromatic carbocycles. The van der Waals surface area contributed by atoms with Crippen molar-refractivity contribution in [1.29, 1.82) is 0 Å². The average molecular weight is 497 g/mol. The molecule has 1 aliphatic heterocycles. The number of aromatic nitrogens is 2. The summed E-state index contributed by atoms with van der Waals surface area (Å²) in [5, 5.41) is 8.03. The lowest BCUT2D eigenvalue weighted by Gasteiger charge is -2.29. The van der Waals surface area contributed by atoms with Gasteiger partial charge in [0.15, 0.2) is 0 Å². The number of hydrogen-bond donors (Lipinski definition) is 1. The summed E-state index contributed by atoms with van der Waals surface area (Å²) in [6, 6.07) is 13.5. The zero-order valence-corrected chi connectivity index (χ0v) is 20.3. The second-order valence-corrected chi connectivity index (χ2v) is 8.29.